The first-order valence-corrected chi connectivity index (χ1v) is 22.4. The highest BCUT2D eigenvalue weighted by atomic mass is 16.6. The Morgan fingerprint density at radius 3 is 1.70 bits per heavy atom. The summed E-state index contributed by atoms with van der Waals surface area (Å²) in [7, 11) is 0. The van der Waals surface area contributed by atoms with Crippen molar-refractivity contribution in [2.45, 2.75) is 218 Å². The zero-order valence-electron chi connectivity index (χ0n) is 35.3. The van der Waals surface area contributed by atoms with Crippen LogP contribution in [-0.4, -0.2) is 87.9 Å². The number of carbonyl (C=O) groups excluding carboxylic acids is 3. The molecule has 11 heteroatoms. The second-order valence-corrected chi connectivity index (χ2v) is 16.0. The minimum Gasteiger partial charge on any atom is -0.445 e. The first-order chi connectivity index (χ1) is 27.2. The monoisotopic (exact) mass is 790 g/mol. The maximum atomic E-state index is 14.0. The molecule has 322 valence electrons. The molecule has 2 rings (SSSR count). The van der Waals surface area contributed by atoms with Gasteiger partial charge in [0, 0.05) is 13.0 Å². The van der Waals surface area contributed by atoms with Gasteiger partial charge in [-0.05, 0) is 25.3 Å². The molecule has 1 aromatic rings. The van der Waals surface area contributed by atoms with Gasteiger partial charge in [0.25, 0.3) is 0 Å². The molecule has 1 aromatic carbocycles. The van der Waals surface area contributed by atoms with E-state index in [0.717, 1.165) is 50.5 Å². The maximum absolute atomic E-state index is 14.0. The Bertz CT molecular complexity index is 1160. The van der Waals surface area contributed by atoms with E-state index in [-0.39, 0.29) is 12.5 Å². The predicted octanol–water partition coefficient (Wildman–Crippen LogP) is 8.46. The first-order valence-electron chi connectivity index (χ1n) is 22.4. The van der Waals surface area contributed by atoms with E-state index in [4.69, 9.17) is 9.47 Å². The molecule has 0 aromatic heterocycles. The van der Waals surface area contributed by atoms with Crippen LogP contribution in [0.5, 0.6) is 0 Å². The van der Waals surface area contributed by atoms with Crippen LogP contribution in [0.1, 0.15) is 180 Å². The highest BCUT2D eigenvalue weighted by Crippen LogP contribution is 2.26. The summed E-state index contributed by atoms with van der Waals surface area (Å²) in [5, 5.41) is 37.5. The van der Waals surface area contributed by atoms with Gasteiger partial charge >= 0.3 is 6.09 Å². The molecule has 5 N–H and O–H groups in total. The zero-order chi connectivity index (χ0) is 40.8. The van der Waals surface area contributed by atoms with Gasteiger partial charge in [-0.25, -0.2) is 4.79 Å². The minimum atomic E-state index is -1.54. The first kappa shape index (κ1) is 49.4. The lowest BCUT2D eigenvalue weighted by Gasteiger charge is -2.47. The molecule has 1 aliphatic heterocycles. The third-order valence-corrected chi connectivity index (χ3v) is 11.0. The quantitative estimate of drug-likeness (QED) is 0.0455. The van der Waals surface area contributed by atoms with Gasteiger partial charge in [0.1, 0.15) is 37.0 Å². The Morgan fingerprint density at radius 2 is 1.20 bits per heavy atom. The summed E-state index contributed by atoms with van der Waals surface area (Å²) in [4.78, 5) is 41.5. The van der Waals surface area contributed by atoms with Crippen LogP contribution < -0.4 is 10.6 Å². The third-order valence-electron chi connectivity index (χ3n) is 11.0. The van der Waals surface area contributed by atoms with Crippen molar-refractivity contribution in [3.8, 4) is 0 Å². The number of hydrogen-bond acceptors (Lipinski definition) is 8. The average molecular weight is 790 g/mol. The molecule has 0 bridgehead atoms. The molecule has 0 radical (unpaired) electrons. The van der Waals surface area contributed by atoms with E-state index >= 15 is 0 Å². The van der Waals surface area contributed by atoms with Gasteiger partial charge in [0.15, 0.2) is 6.23 Å². The SMILES string of the molecule is CCCCCCCCCCCCCCN(C(=O)CCCCCCCCCCCCC)[C@@H]1O[C@H](CO)[C@@H](O)[C@H](O)[C@H]1NC(=O)[C@H](C)NC(=O)OCc1ccccc1. The van der Waals surface area contributed by atoms with Crippen molar-refractivity contribution in [2.24, 2.45) is 0 Å². The van der Waals surface area contributed by atoms with Crippen LogP contribution in [0.15, 0.2) is 30.3 Å². The molecule has 0 saturated carbocycles. The summed E-state index contributed by atoms with van der Waals surface area (Å²) in [6.45, 7) is 5.77. The maximum Gasteiger partial charge on any atom is 0.408 e. The van der Waals surface area contributed by atoms with Crippen LogP contribution in [0.3, 0.4) is 0 Å². The molecule has 0 spiro atoms. The van der Waals surface area contributed by atoms with E-state index in [1.54, 1.807) is 4.90 Å². The molecule has 1 aliphatic rings. The fourth-order valence-electron chi connectivity index (χ4n) is 7.42. The van der Waals surface area contributed by atoms with Gasteiger partial charge in [-0.2, -0.15) is 0 Å². The van der Waals surface area contributed by atoms with E-state index < -0.39 is 55.2 Å². The lowest BCUT2D eigenvalue weighted by Crippen LogP contribution is -2.69. The van der Waals surface area contributed by atoms with E-state index in [0.29, 0.717) is 19.4 Å². The number of hydrogen-bond donors (Lipinski definition) is 5. The van der Waals surface area contributed by atoms with Crippen molar-refractivity contribution in [3.05, 3.63) is 35.9 Å². The predicted molar refractivity (Wildman–Crippen MR) is 223 cm³/mol. The van der Waals surface area contributed by atoms with Crippen LogP contribution in [-0.2, 0) is 25.7 Å². The molecule has 1 saturated heterocycles. The Labute approximate surface area is 339 Å². The highest BCUT2D eigenvalue weighted by Gasteiger charge is 2.48. The van der Waals surface area contributed by atoms with Crippen LogP contribution >= 0.6 is 0 Å². The van der Waals surface area contributed by atoms with Crippen molar-refractivity contribution < 1.29 is 39.2 Å². The second-order valence-electron chi connectivity index (χ2n) is 16.0. The number of carbonyl (C=O) groups is 3. The van der Waals surface area contributed by atoms with E-state index in [1.807, 2.05) is 30.3 Å². The Hall–Kier alpha value is -2.73. The van der Waals surface area contributed by atoms with Crippen LogP contribution in [0.2, 0.25) is 0 Å². The number of amides is 3. The van der Waals surface area contributed by atoms with E-state index in [9.17, 15) is 29.7 Å². The number of alkyl carbamates (subject to hydrolysis) is 1. The van der Waals surface area contributed by atoms with Crippen molar-refractivity contribution in [2.75, 3.05) is 13.2 Å². The molecule has 56 heavy (non-hydrogen) atoms. The van der Waals surface area contributed by atoms with Crippen molar-refractivity contribution >= 4 is 17.9 Å². The van der Waals surface area contributed by atoms with Crippen LogP contribution in [0, 0.1) is 0 Å². The number of benzene rings is 1. The topological polar surface area (TPSA) is 158 Å². The number of rotatable bonds is 32. The normalized spacial score (nSPS) is 20.0. The lowest BCUT2D eigenvalue weighted by atomic mass is 9.94. The summed E-state index contributed by atoms with van der Waals surface area (Å²) >= 11 is 0. The number of aliphatic hydroxyl groups excluding tert-OH is 3. The lowest BCUT2D eigenvalue weighted by molar-refractivity contribution is -0.231. The number of nitrogens with zero attached hydrogens (tertiary/aromatic N) is 1. The molecule has 0 aliphatic carbocycles. The molecular weight excluding hydrogens is 711 g/mol. The van der Waals surface area contributed by atoms with Crippen molar-refractivity contribution in [1.82, 2.24) is 15.5 Å². The van der Waals surface area contributed by atoms with Crippen LogP contribution in [0.25, 0.3) is 0 Å². The Kier molecular flexibility index (Phi) is 27.6. The number of aliphatic hydroxyl groups is 3. The molecule has 3 amide bonds. The molecule has 11 nitrogen and oxygen atoms in total. The summed E-state index contributed by atoms with van der Waals surface area (Å²) in [5.41, 5.74) is 0.795. The molecule has 1 fully saturated rings. The number of ether oxygens (including phenoxy) is 2. The molecule has 1 heterocycles. The summed E-state index contributed by atoms with van der Waals surface area (Å²) in [6.07, 6.45) is 21.1. The Balaban J connectivity index is 2.02. The standard InChI is InChI=1S/C45H79N3O8/c1-4-6-8-10-12-14-16-18-20-22-24-29-33-48(39(50)32-28-23-21-19-17-15-13-11-9-7-5-2)44-40(42(52)41(51)38(34-49)56-44)47-43(53)36(3)46-45(54)55-35-37-30-26-25-27-31-37/h25-27,30-31,36,38,40-42,44,49,51-52H,4-24,28-29,32-35H2,1-3H3,(H,46,54)(H,47,53)/t36-,38+,40+,41+,42+,44+/m0/s1. The van der Waals surface area contributed by atoms with E-state index in [1.165, 1.54) is 103 Å². The molecular formula is C45H79N3O8. The minimum absolute atomic E-state index is 0.0301. The second kappa shape index (κ2) is 31.3. The molecule has 6 atom stereocenters. The fourth-order valence-corrected chi connectivity index (χ4v) is 7.42. The Morgan fingerprint density at radius 1 is 0.714 bits per heavy atom. The van der Waals surface area contributed by atoms with E-state index in [2.05, 4.69) is 24.5 Å². The largest absolute Gasteiger partial charge is 0.445 e. The number of unbranched alkanes of at least 4 members (excludes halogenated alkanes) is 21. The van der Waals surface area contributed by atoms with Gasteiger partial charge in [-0.3, -0.25) is 9.59 Å². The van der Waals surface area contributed by atoms with Crippen molar-refractivity contribution in [3.63, 3.8) is 0 Å². The highest BCUT2D eigenvalue weighted by molar-refractivity contribution is 5.85. The summed E-state index contributed by atoms with van der Waals surface area (Å²) in [6, 6.07) is 6.90. The van der Waals surface area contributed by atoms with Gasteiger partial charge in [-0.15, -0.1) is 0 Å². The number of nitrogens with one attached hydrogen (secondary N) is 2. The molecule has 0 unspecified atom stereocenters. The third kappa shape index (κ3) is 20.6. The summed E-state index contributed by atoms with van der Waals surface area (Å²) in [5.74, 6) is -0.790. The van der Waals surface area contributed by atoms with Gasteiger partial charge in [-0.1, -0.05) is 179 Å². The van der Waals surface area contributed by atoms with Gasteiger partial charge < -0.3 is 40.3 Å². The summed E-state index contributed by atoms with van der Waals surface area (Å²) < 4.78 is 11.4. The van der Waals surface area contributed by atoms with Gasteiger partial charge in [0.2, 0.25) is 11.8 Å². The smallest absolute Gasteiger partial charge is 0.408 e. The van der Waals surface area contributed by atoms with Crippen molar-refractivity contribution in [1.29, 1.82) is 0 Å². The zero-order valence-corrected chi connectivity index (χ0v) is 35.3. The fraction of sp³-hybridized carbons (Fsp3) is 0.800. The van der Waals surface area contributed by atoms with Gasteiger partial charge in [0.05, 0.1) is 6.61 Å². The average Bonchev–Trinajstić information content (AvgIpc) is 3.20. The van der Waals surface area contributed by atoms with Crippen LogP contribution in [0.4, 0.5) is 4.79 Å².